The normalized spacial score (nSPS) is 18.1. The Balaban J connectivity index is 1.88. The summed E-state index contributed by atoms with van der Waals surface area (Å²) in [5.74, 6) is 0.989. The summed E-state index contributed by atoms with van der Waals surface area (Å²) < 4.78 is 7.45. The predicted octanol–water partition coefficient (Wildman–Crippen LogP) is 2.98. The van der Waals surface area contributed by atoms with E-state index in [0.717, 1.165) is 39.8 Å². The van der Waals surface area contributed by atoms with Crippen LogP contribution in [0, 0.1) is 0 Å². The van der Waals surface area contributed by atoms with Crippen LogP contribution in [0.25, 0.3) is 0 Å². The highest BCUT2D eigenvalue weighted by molar-refractivity contribution is 9.11. The Morgan fingerprint density at radius 2 is 2.10 bits per heavy atom. The van der Waals surface area contributed by atoms with E-state index in [1.54, 1.807) is 0 Å². The average Bonchev–Trinajstić information content (AvgIpc) is 2.80. The van der Waals surface area contributed by atoms with Crippen molar-refractivity contribution in [2.45, 2.75) is 32.4 Å². The third kappa shape index (κ3) is 4.20. The zero-order chi connectivity index (χ0) is 14.5. The van der Waals surface area contributed by atoms with E-state index < -0.39 is 0 Å². The van der Waals surface area contributed by atoms with Gasteiger partial charge in [0.05, 0.1) is 15.6 Å². The fourth-order valence-corrected chi connectivity index (χ4v) is 3.73. The van der Waals surface area contributed by atoms with Gasteiger partial charge in [0.1, 0.15) is 5.75 Å². The number of halogens is 2. The van der Waals surface area contributed by atoms with Crippen molar-refractivity contribution >= 4 is 37.8 Å². The average molecular weight is 406 g/mol. The quantitative estimate of drug-likeness (QED) is 0.764. The molecule has 1 aliphatic heterocycles. The molecule has 1 unspecified atom stereocenters. The molecule has 110 valence electrons. The molecule has 2 N–H and O–H groups in total. The van der Waals surface area contributed by atoms with Crippen molar-refractivity contribution in [1.29, 1.82) is 0 Å². The molecule has 1 fully saturated rings. The molecule has 4 nitrogen and oxygen atoms in total. The number of ether oxygens (including phenoxy) is 1. The molecule has 1 atom stereocenters. The first-order valence-electron chi connectivity index (χ1n) is 6.71. The van der Waals surface area contributed by atoms with Gasteiger partial charge < -0.3 is 15.4 Å². The molecule has 1 aromatic carbocycles. The Hall–Kier alpha value is -0.590. The second kappa shape index (κ2) is 7.43. The van der Waals surface area contributed by atoms with Gasteiger partial charge in [-0.2, -0.15) is 0 Å². The summed E-state index contributed by atoms with van der Waals surface area (Å²) in [6.45, 7) is 4.16. The van der Waals surface area contributed by atoms with Gasteiger partial charge in [-0.25, -0.2) is 0 Å². The predicted molar refractivity (Wildman–Crippen MR) is 85.9 cm³/mol. The molecular formula is C14H18Br2N2O2. The van der Waals surface area contributed by atoms with Crippen LogP contribution in [0.15, 0.2) is 21.1 Å². The maximum absolute atomic E-state index is 11.1. The van der Waals surface area contributed by atoms with Crippen molar-refractivity contribution in [1.82, 2.24) is 10.6 Å². The molecule has 1 aromatic rings. The van der Waals surface area contributed by atoms with Gasteiger partial charge in [0, 0.05) is 25.6 Å². The molecule has 0 aliphatic carbocycles. The van der Waals surface area contributed by atoms with Crippen LogP contribution in [0.2, 0.25) is 0 Å². The molecule has 20 heavy (non-hydrogen) atoms. The van der Waals surface area contributed by atoms with Crippen LogP contribution in [0.5, 0.6) is 5.75 Å². The van der Waals surface area contributed by atoms with Crippen LogP contribution in [0.1, 0.15) is 25.3 Å². The van der Waals surface area contributed by atoms with Crippen LogP contribution >= 0.6 is 31.9 Å². The minimum atomic E-state index is 0.156. The van der Waals surface area contributed by atoms with Gasteiger partial charge in [0.25, 0.3) is 0 Å². The first-order valence-corrected chi connectivity index (χ1v) is 8.29. The van der Waals surface area contributed by atoms with E-state index in [2.05, 4.69) is 54.6 Å². The van der Waals surface area contributed by atoms with Crippen molar-refractivity contribution in [3.63, 3.8) is 0 Å². The van der Waals surface area contributed by atoms with E-state index in [-0.39, 0.29) is 11.9 Å². The summed E-state index contributed by atoms with van der Waals surface area (Å²) in [7, 11) is 0. The summed E-state index contributed by atoms with van der Waals surface area (Å²) >= 11 is 7.05. The molecule has 0 radical (unpaired) electrons. The lowest BCUT2D eigenvalue weighted by molar-refractivity contribution is -0.119. The number of benzene rings is 1. The van der Waals surface area contributed by atoms with E-state index >= 15 is 0 Å². The number of hydrogen-bond acceptors (Lipinski definition) is 3. The molecule has 0 saturated carbocycles. The summed E-state index contributed by atoms with van der Waals surface area (Å²) in [4.78, 5) is 11.1. The van der Waals surface area contributed by atoms with E-state index in [4.69, 9.17) is 4.74 Å². The zero-order valence-corrected chi connectivity index (χ0v) is 14.5. The topological polar surface area (TPSA) is 50.4 Å². The van der Waals surface area contributed by atoms with E-state index in [1.807, 2.05) is 6.92 Å². The minimum absolute atomic E-state index is 0.156. The molecule has 6 heteroatoms. The number of carbonyl (C=O) groups excluding carboxylic acids is 1. The molecular weight excluding hydrogens is 388 g/mol. The number of nitrogens with one attached hydrogen (secondary N) is 2. The van der Waals surface area contributed by atoms with Gasteiger partial charge >= 0.3 is 0 Å². The number of hydrogen-bond donors (Lipinski definition) is 2. The molecule has 1 heterocycles. The smallest absolute Gasteiger partial charge is 0.220 e. The lowest BCUT2D eigenvalue weighted by Gasteiger charge is -2.13. The second-order valence-electron chi connectivity index (χ2n) is 4.76. The van der Waals surface area contributed by atoms with Crippen molar-refractivity contribution < 1.29 is 9.53 Å². The molecule has 0 spiro atoms. The van der Waals surface area contributed by atoms with E-state index in [9.17, 15) is 4.79 Å². The van der Waals surface area contributed by atoms with E-state index in [1.165, 1.54) is 0 Å². The van der Waals surface area contributed by atoms with Crippen LogP contribution in [0.3, 0.4) is 0 Å². The largest absolute Gasteiger partial charge is 0.492 e. The Morgan fingerprint density at radius 3 is 2.65 bits per heavy atom. The number of amides is 1. The number of carbonyl (C=O) groups is 1. The third-order valence-electron chi connectivity index (χ3n) is 3.15. The van der Waals surface area contributed by atoms with Crippen LogP contribution in [-0.4, -0.2) is 25.1 Å². The van der Waals surface area contributed by atoms with Gasteiger partial charge in [0.2, 0.25) is 5.91 Å². The first kappa shape index (κ1) is 15.8. The second-order valence-corrected chi connectivity index (χ2v) is 6.46. The Bertz CT molecular complexity index is 471. The summed E-state index contributed by atoms with van der Waals surface area (Å²) in [5.41, 5.74) is 1.16. The highest BCUT2D eigenvalue weighted by Crippen LogP contribution is 2.34. The van der Waals surface area contributed by atoms with Gasteiger partial charge in [-0.1, -0.05) is 0 Å². The van der Waals surface area contributed by atoms with Gasteiger partial charge in [0.15, 0.2) is 0 Å². The maximum atomic E-state index is 11.1. The zero-order valence-electron chi connectivity index (χ0n) is 11.3. The van der Waals surface area contributed by atoms with Gasteiger partial charge in [-0.05, 0) is 62.9 Å². The SMILES string of the molecule is CCOc1c(Br)cc(CNCC2CCC(=O)N2)cc1Br. The van der Waals surface area contributed by atoms with Crippen LogP contribution < -0.4 is 15.4 Å². The molecule has 0 aromatic heterocycles. The molecule has 1 saturated heterocycles. The van der Waals surface area contributed by atoms with Gasteiger partial charge in [-0.3, -0.25) is 4.79 Å². The highest BCUT2D eigenvalue weighted by Gasteiger charge is 2.19. The van der Waals surface area contributed by atoms with Crippen LogP contribution in [0.4, 0.5) is 0 Å². The highest BCUT2D eigenvalue weighted by atomic mass is 79.9. The lowest BCUT2D eigenvalue weighted by atomic mass is 10.2. The molecule has 1 aliphatic rings. The summed E-state index contributed by atoms with van der Waals surface area (Å²) in [6, 6.07) is 4.36. The first-order chi connectivity index (χ1) is 9.60. The molecule has 2 rings (SSSR count). The maximum Gasteiger partial charge on any atom is 0.220 e. The standard InChI is InChI=1S/C14H18Br2N2O2/c1-2-20-14-11(15)5-9(6-12(14)16)7-17-8-10-3-4-13(19)18-10/h5-6,10,17H,2-4,7-8H2,1H3,(H,18,19). The van der Waals surface area contributed by atoms with Gasteiger partial charge in [-0.15, -0.1) is 0 Å². The monoisotopic (exact) mass is 404 g/mol. The molecule has 1 amide bonds. The van der Waals surface area contributed by atoms with Crippen molar-refractivity contribution in [2.75, 3.05) is 13.2 Å². The lowest BCUT2D eigenvalue weighted by Crippen LogP contribution is -2.35. The fourth-order valence-electron chi connectivity index (χ4n) is 2.22. The van der Waals surface area contributed by atoms with Crippen molar-refractivity contribution in [3.05, 3.63) is 26.6 Å². The van der Waals surface area contributed by atoms with E-state index in [0.29, 0.717) is 13.0 Å². The van der Waals surface area contributed by atoms with Crippen LogP contribution in [-0.2, 0) is 11.3 Å². The van der Waals surface area contributed by atoms with Crippen molar-refractivity contribution in [2.24, 2.45) is 0 Å². The Morgan fingerprint density at radius 1 is 1.40 bits per heavy atom. The fraction of sp³-hybridized carbons (Fsp3) is 0.500. The Kier molecular flexibility index (Phi) is 5.86. The third-order valence-corrected chi connectivity index (χ3v) is 4.33. The minimum Gasteiger partial charge on any atom is -0.492 e. The number of rotatable bonds is 6. The Labute approximate surface area is 135 Å². The summed E-state index contributed by atoms with van der Waals surface area (Å²) in [6.07, 6.45) is 1.56. The summed E-state index contributed by atoms with van der Waals surface area (Å²) in [5, 5.41) is 6.32. The molecule has 0 bridgehead atoms. The van der Waals surface area contributed by atoms with Crippen molar-refractivity contribution in [3.8, 4) is 5.75 Å².